The first-order valence-electron chi connectivity index (χ1n) is 11.4. The number of aryl methyl sites for hydroxylation is 3. The van der Waals surface area contributed by atoms with Crippen LogP contribution in [0.4, 0.5) is 5.82 Å². The van der Waals surface area contributed by atoms with Crippen molar-refractivity contribution in [3.05, 3.63) is 70.3 Å². The molecule has 170 valence electrons. The first kappa shape index (κ1) is 21.3. The zero-order valence-corrected chi connectivity index (χ0v) is 19.2. The monoisotopic (exact) mass is 445 g/mol. The molecular weight excluding hydrogens is 418 g/mol. The van der Waals surface area contributed by atoms with Crippen LogP contribution < -0.4 is 4.90 Å². The molecule has 2 aliphatic heterocycles. The molecule has 3 aromatic rings. The zero-order valence-electron chi connectivity index (χ0n) is 19.2. The Morgan fingerprint density at radius 2 is 1.85 bits per heavy atom. The van der Waals surface area contributed by atoms with Crippen LogP contribution in [0.1, 0.15) is 63.5 Å². The summed E-state index contributed by atoms with van der Waals surface area (Å²) >= 11 is 0. The van der Waals surface area contributed by atoms with Crippen molar-refractivity contribution in [2.45, 2.75) is 52.5 Å². The minimum absolute atomic E-state index is 0.0119. The van der Waals surface area contributed by atoms with Crippen LogP contribution in [-0.2, 0) is 17.8 Å². The largest absolute Gasteiger partial charge is 0.436 e. The second kappa shape index (κ2) is 8.42. The summed E-state index contributed by atoms with van der Waals surface area (Å²) in [4.78, 5) is 43.3. The number of hydrogen-bond donors (Lipinski definition) is 0. The van der Waals surface area contributed by atoms with Crippen molar-refractivity contribution in [1.82, 2.24) is 19.9 Å². The van der Waals surface area contributed by atoms with Gasteiger partial charge >= 0.3 is 0 Å². The molecule has 1 fully saturated rings. The van der Waals surface area contributed by atoms with Crippen LogP contribution in [0.25, 0.3) is 0 Å². The number of carbonyl (C=O) groups is 2. The quantitative estimate of drug-likeness (QED) is 0.610. The molecule has 8 heteroatoms. The van der Waals surface area contributed by atoms with Gasteiger partial charge in [0.1, 0.15) is 11.6 Å². The van der Waals surface area contributed by atoms with Gasteiger partial charge in [0.25, 0.3) is 5.91 Å². The average Bonchev–Trinajstić information content (AvgIpc) is 3.42. The molecule has 5 rings (SSSR count). The molecule has 2 aliphatic rings. The molecule has 0 aliphatic carbocycles. The predicted octanol–water partition coefficient (Wildman–Crippen LogP) is 3.50. The maximum Gasteiger partial charge on any atom is 0.291 e. The van der Waals surface area contributed by atoms with E-state index in [1.165, 1.54) is 0 Å². The van der Waals surface area contributed by atoms with E-state index in [0.717, 1.165) is 23.2 Å². The first-order valence-corrected chi connectivity index (χ1v) is 11.4. The van der Waals surface area contributed by atoms with E-state index < -0.39 is 0 Å². The molecule has 2 aromatic heterocycles. The summed E-state index contributed by atoms with van der Waals surface area (Å²) < 4.78 is 5.53. The van der Waals surface area contributed by atoms with Crippen molar-refractivity contribution < 1.29 is 14.0 Å². The lowest BCUT2D eigenvalue weighted by atomic mass is 10.0. The van der Waals surface area contributed by atoms with E-state index >= 15 is 0 Å². The van der Waals surface area contributed by atoms with E-state index in [1.54, 1.807) is 23.6 Å². The summed E-state index contributed by atoms with van der Waals surface area (Å²) in [5.74, 6) is 2.14. The van der Waals surface area contributed by atoms with E-state index in [2.05, 4.69) is 4.98 Å². The second-order valence-electron chi connectivity index (χ2n) is 8.82. The Hall–Kier alpha value is -3.55. The number of hydrogen-bond acceptors (Lipinski definition) is 6. The Labute approximate surface area is 192 Å². The van der Waals surface area contributed by atoms with Crippen LogP contribution in [0.3, 0.4) is 0 Å². The Balaban J connectivity index is 1.41. The summed E-state index contributed by atoms with van der Waals surface area (Å²) in [5.41, 5.74) is 3.61. The van der Waals surface area contributed by atoms with Crippen LogP contribution >= 0.6 is 0 Å². The Bertz CT molecular complexity index is 1220. The lowest BCUT2D eigenvalue weighted by Crippen LogP contribution is -2.36. The third-order valence-electron chi connectivity index (χ3n) is 6.48. The van der Waals surface area contributed by atoms with Crippen molar-refractivity contribution >= 4 is 17.6 Å². The van der Waals surface area contributed by atoms with Crippen molar-refractivity contribution in [2.24, 2.45) is 0 Å². The number of carbonyl (C=O) groups excluding carboxylic acids is 2. The number of nitrogens with zero attached hydrogens (tertiary/aromatic N) is 5. The van der Waals surface area contributed by atoms with Gasteiger partial charge in [-0.3, -0.25) is 14.5 Å². The van der Waals surface area contributed by atoms with Crippen LogP contribution in [0.2, 0.25) is 0 Å². The topological polar surface area (TPSA) is 92.4 Å². The predicted molar refractivity (Wildman–Crippen MR) is 122 cm³/mol. The molecule has 1 unspecified atom stereocenters. The van der Waals surface area contributed by atoms with Gasteiger partial charge in [-0.25, -0.2) is 15.0 Å². The SMILES string of the molecule is Cc1nc(C)c(C(=O)N2CCC(c3nc(C)c4c(n3)N(Cc3ccccc3)C(=O)CC4)C2)o1. The van der Waals surface area contributed by atoms with Crippen LogP contribution in [0, 0.1) is 20.8 Å². The standard InChI is InChI=1S/C25H27N5O3/c1-15-20-9-10-21(31)30(13-18-7-5-4-6-8-18)24(20)28-23(27-15)19-11-12-29(14-19)25(32)22-16(2)26-17(3)33-22/h4-8,19H,9-14H2,1-3H3. The van der Waals surface area contributed by atoms with Gasteiger partial charge in [0, 0.05) is 43.6 Å². The molecule has 8 nitrogen and oxygen atoms in total. The molecule has 33 heavy (non-hydrogen) atoms. The first-order chi connectivity index (χ1) is 15.9. The van der Waals surface area contributed by atoms with Gasteiger partial charge in [-0.05, 0) is 32.3 Å². The number of benzene rings is 1. The number of aromatic nitrogens is 3. The molecule has 1 saturated heterocycles. The summed E-state index contributed by atoms with van der Waals surface area (Å²) in [6, 6.07) is 9.95. The Morgan fingerprint density at radius 1 is 1.06 bits per heavy atom. The summed E-state index contributed by atoms with van der Waals surface area (Å²) in [7, 11) is 0. The average molecular weight is 446 g/mol. The van der Waals surface area contributed by atoms with Crippen molar-refractivity contribution in [1.29, 1.82) is 0 Å². The van der Waals surface area contributed by atoms with Crippen molar-refractivity contribution in [3.8, 4) is 0 Å². The fourth-order valence-corrected chi connectivity index (χ4v) is 4.74. The molecule has 0 spiro atoms. The lowest BCUT2D eigenvalue weighted by molar-refractivity contribution is -0.119. The molecular formula is C25H27N5O3. The van der Waals surface area contributed by atoms with E-state index in [0.29, 0.717) is 61.5 Å². The van der Waals surface area contributed by atoms with Gasteiger partial charge in [0.05, 0.1) is 12.2 Å². The molecule has 0 radical (unpaired) electrons. The molecule has 4 heterocycles. The molecule has 1 atom stereocenters. The highest BCUT2D eigenvalue weighted by atomic mass is 16.4. The lowest BCUT2D eigenvalue weighted by Gasteiger charge is -2.30. The van der Waals surface area contributed by atoms with Gasteiger partial charge < -0.3 is 9.32 Å². The van der Waals surface area contributed by atoms with Crippen molar-refractivity contribution in [3.63, 3.8) is 0 Å². The van der Waals surface area contributed by atoms with E-state index in [-0.39, 0.29) is 17.7 Å². The van der Waals surface area contributed by atoms with E-state index in [9.17, 15) is 9.59 Å². The minimum Gasteiger partial charge on any atom is -0.436 e. The molecule has 1 aromatic carbocycles. The van der Waals surface area contributed by atoms with Crippen LogP contribution in [0.5, 0.6) is 0 Å². The number of oxazole rings is 1. The fourth-order valence-electron chi connectivity index (χ4n) is 4.74. The van der Waals surface area contributed by atoms with Gasteiger partial charge in [-0.15, -0.1) is 0 Å². The van der Waals surface area contributed by atoms with Gasteiger partial charge in [0.2, 0.25) is 11.7 Å². The number of fused-ring (bicyclic) bond motifs is 1. The molecule has 0 bridgehead atoms. The smallest absolute Gasteiger partial charge is 0.291 e. The van der Waals surface area contributed by atoms with Gasteiger partial charge in [-0.2, -0.15) is 0 Å². The van der Waals surface area contributed by atoms with Crippen LogP contribution in [-0.4, -0.2) is 44.8 Å². The normalized spacial score (nSPS) is 18.0. The Morgan fingerprint density at radius 3 is 2.58 bits per heavy atom. The highest BCUT2D eigenvalue weighted by Crippen LogP contribution is 2.33. The third kappa shape index (κ3) is 4.01. The minimum atomic E-state index is -0.147. The highest BCUT2D eigenvalue weighted by molar-refractivity contribution is 5.95. The molecule has 0 saturated carbocycles. The number of amides is 2. The summed E-state index contributed by atoms with van der Waals surface area (Å²) in [6.07, 6.45) is 1.89. The molecule has 0 N–H and O–H groups in total. The fraction of sp³-hybridized carbons (Fsp3) is 0.400. The van der Waals surface area contributed by atoms with Crippen LogP contribution in [0.15, 0.2) is 34.7 Å². The maximum atomic E-state index is 13.0. The van der Waals surface area contributed by atoms with Crippen molar-refractivity contribution in [2.75, 3.05) is 18.0 Å². The maximum absolute atomic E-state index is 13.0. The zero-order chi connectivity index (χ0) is 23.1. The van der Waals surface area contributed by atoms with Gasteiger partial charge in [-0.1, -0.05) is 30.3 Å². The summed E-state index contributed by atoms with van der Waals surface area (Å²) in [5, 5.41) is 0. The summed E-state index contributed by atoms with van der Waals surface area (Å²) in [6.45, 7) is 7.12. The second-order valence-corrected chi connectivity index (χ2v) is 8.82. The number of rotatable bonds is 4. The van der Waals surface area contributed by atoms with E-state index in [4.69, 9.17) is 14.4 Å². The molecule has 2 amide bonds. The third-order valence-corrected chi connectivity index (χ3v) is 6.48. The van der Waals surface area contributed by atoms with Gasteiger partial charge in [0.15, 0.2) is 5.89 Å². The Kier molecular flexibility index (Phi) is 5.44. The number of likely N-dealkylation sites (tertiary alicyclic amines) is 1. The van der Waals surface area contributed by atoms with E-state index in [1.807, 2.05) is 37.3 Å². The highest BCUT2D eigenvalue weighted by Gasteiger charge is 2.34. The number of anilines is 1.